The van der Waals surface area contributed by atoms with E-state index in [0.717, 1.165) is 22.6 Å². The summed E-state index contributed by atoms with van der Waals surface area (Å²) in [6.45, 7) is 4.68. The molecule has 3 aromatic heterocycles. The van der Waals surface area contributed by atoms with E-state index in [1.54, 1.807) is 6.33 Å². The van der Waals surface area contributed by atoms with Crippen molar-refractivity contribution in [2.45, 2.75) is 20.4 Å². The molecule has 2 N–H and O–H groups in total. The van der Waals surface area contributed by atoms with Crippen LogP contribution < -0.4 is 10.00 Å². The first-order valence-electron chi connectivity index (χ1n) is 9.95. The van der Waals surface area contributed by atoms with Crippen LogP contribution >= 0.6 is 11.6 Å². The Morgan fingerprint density at radius 2 is 1.81 bits per heavy atom. The van der Waals surface area contributed by atoms with Gasteiger partial charge in [-0.1, -0.05) is 41.9 Å². The van der Waals surface area contributed by atoms with Crippen molar-refractivity contribution in [1.29, 1.82) is 0 Å². The van der Waals surface area contributed by atoms with Crippen molar-refractivity contribution in [3.05, 3.63) is 89.0 Å². The van der Waals surface area contributed by atoms with E-state index in [9.17, 15) is 0 Å². The van der Waals surface area contributed by atoms with Gasteiger partial charge in [-0.05, 0) is 59.7 Å². The molecule has 0 saturated carbocycles. The SMILES string of the molecule is Cc1cc(C)[n+](-c2nc(Nc3ccc(Cl)cc3)c3c(ncn3Cc3ccccc3)n2)[nH]1. The van der Waals surface area contributed by atoms with Gasteiger partial charge in [-0.15, -0.1) is 4.68 Å². The number of hydrogen-bond acceptors (Lipinski definition) is 4. The Kier molecular flexibility index (Phi) is 4.88. The van der Waals surface area contributed by atoms with Crippen LogP contribution in [-0.2, 0) is 6.54 Å². The number of fused-ring (bicyclic) bond motifs is 1. The summed E-state index contributed by atoms with van der Waals surface area (Å²) in [6.07, 6.45) is 1.81. The number of H-pyrrole nitrogens is 1. The lowest BCUT2D eigenvalue weighted by Crippen LogP contribution is -2.38. The lowest BCUT2D eigenvalue weighted by Gasteiger charge is -2.08. The minimum absolute atomic E-state index is 0.527. The van der Waals surface area contributed by atoms with Crippen molar-refractivity contribution in [3.63, 3.8) is 0 Å². The van der Waals surface area contributed by atoms with Crippen molar-refractivity contribution >= 4 is 34.3 Å². The average Bonchev–Trinajstić information content (AvgIpc) is 3.32. The van der Waals surface area contributed by atoms with Gasteiger partial charge in [-0.2, -0.15) is 0 Å². The van der Waals surface area contributed by atoms with Crippen molar-refractivity contribution in [1.82, 2.24) is 24.6 Å². The molecular formula is C23H21ClN7+. The summed E-state index contributed by atoms with van der Waals surface area (Å²) in [5.74, 6) is 1.20. The normalized spacial score (nSPS) is 11.2. The summed E-state index contributed by atoms with van der Waals surface area (Å²) in [7, 11) is 0. The molecule has 0 atom stereocenters. The monoisotopic (exact) mass is 430 g/mol. The molecule has 0 spiro atoms. The quantitative estimate of drug-likeness (QED) is 0.403. The van der Waals surface area contributed by atoms with Crippen LogP contribution in [0, 0.1) is 13.8 Å². The van der Waals surface area contributed by atoms with Crippen molar-refractivity contribution in [2.75, 3.05) is 5.32 Å². The zero-order valence-corrected chi connectivity index (χ0v) is 17.9. The number of aromatic nitrogens is 6. The van der Waals surface area contributed by atoms with Crippen LogP contribution in [0.25, 0.3) is 17.1 Å². The summed E-state index contributed by atoms with van der Waals surface area (Å²) >= 11 is 6.06. The van der Waals surface area contributed by atoms with Gasteiger partial charge in [0.2, 0.25) is 5.82 Å². The molecule has 8 heteroatoms. The number of aryl methyl sites for hydroxylation is 2. The fourth-order valence-electron chi connectivity index (χ4n) is 3.61. The molecule has 0 saturated heterocycles. The molecule has 0 fully saturated rings. The lowest BCUT2D eigenvalue weighted by atomic mass is 10.2. The Hall–Kier alpha value is -3.71. The highest BCUT2D eigenvalue weighted by molar-refractivity contribution is 6.30. The average molecular weight is 431 g/mol. The van der Waals surface area contributed by atoms with Gasteiger partial charge in [0, 0.05) is 22.9 Å². The maximum atomic E-state index is 6.06. The standard InChI is InChI=1S/C23H20ClN7/c1-15-12-16(2)31(29-15)23-27-21-20(22(28-23)26-19-10-8-18(24)9-11-19)30(14-25-21)13-17-6-4-3-5-7-17/h3-12,14H,13H2,1-2H3,(H,26,27,28)/p+1. The van der Waals surface area contributed by atoms with Crippen LogP contribution in [0.4, 0.5) is 11.5 Å². The second-order valence-electron chi connectivity index (χ2n) is 7.45. The van der Waals surface area contributed by atoms with E-state index < -0.39 is 0 Å². The number of nitrogens with zero attached hydrogens (tertiary/aromatic N) is 5. The molecule has 31 heavy (non-hydrogen) atoms. The fraction of sp³-hybridized carbons (Fsp3) is 0.130. The molecule has 5 aromatic rings. The number of aromatic amines is 1. The van der Waals surface area contributed by atoms with E-state index in [1.807, 2.05) is 67.1 Å². The maximum Gasteiger partial charge on any atom is 0.459 e. The van der Waals surface area contributed by atoms with E-state index in [1.165, 1.54) is 5.56 Å². The van der Waals surface area contributed by atoms with Gasteiger partial charge in [-0.3, -0.25) is 0 Å². The van der Waals surface area contributed by atoms with Gasteiger partial charge in [0.1, 0.15) is 5.69 Å². The second kappa shape index (κ2) is 7.85. The summed E-state index contributed by atoms with van der Waals surface area (Å²) in [5.41, 5.74) is 5.56. The highest BCUT2D eigenvalue weighted by atomic mass is 35.5. The molecule has 0 aliphatic carbocycles. The molecule has 0 aliphatic heterocycles. The molecule has 2 aromatic carbocycles. The van der Waals surface area contributed by atoms with E-state index in [4.69, 9.17) is 21.6 Å². The van der Waals surface area contributed by atoms with E-state index >= 15 is 0 Å². The third-order valence-electron chi connectivity index (χ3n) is 5.03. The molecule has 0 radical (unpaired) electrons. The Bertz CT molecular complexity index is 1350. The van der Waals surface area contributed by atoms with Crippen LogP contribution in [0.1, 0.15) is 17.0 Å². The van der Waals surface area contributed by atoms with E-state index in [2.05, 4.69) is 32.1 Å². The topological polar surface area (TPSA) is 75.3 Å². The molecule has 154 valence electrons. The van der Waals surface area contributed by atoms with Gasteiger partial charge in [0.05, 0.1) is 6.33 Å². The van der Waals surface area contributed by atoms with E-state index in [0.29, 0.717) is 29.0 Å². The summed E-state index contributed by atoms with van der Waals surface area (Å²) in [6, 6.07) is 19.8. The fourth-order valence-corrected chi connectivity index (χ4v) is 3.73. The number of hydrogen-bond donors (Lipinski definition) is 2. The highest BCUT2D eigenvalue weighted by Gasteiger charge is 2.24. The van der Waals surface area contributed by atoms with Crippen LogP contribution in [0.3, 0.4) is 0 Å². The van der Waals surface area contributed by atoms with Crippen LogP contribution in [-0.4, -0.2) is 24.6 Å². The van der Waals surface area contributed by atoms with Crippen molar-refractivity contribution in [2.24, 2.45) is 0 Å². The first kappa shape index (κ1) is 19.3. The minimum Gasteiger partial charge on any atom is -0.324 e. The second-order valence-corrected chi connectivity index (χ2v) is 7.89. The molecule has 7 nitrogen and oxygen atoms in total. The van der Waals surface area contributed by atoms with Gasteiger partial charge in [0.25, 0.3) is 5.65 Å². The maximum absolute atomic E-state index is 6.06. The Morgan fingerprint density at radius 1 is 1.03 bits per heavy atom. The first-order chi connectivity index (χ1) is 15.1. The first-order valence-corrected chi connectivity index (χ1v) is 10.3. The molecule has 5 rings (SSSR count). The third-order valence-corrected chi connectivity index (χ3v) is 5.28. The molecule has 0 amide bonds. The Balaban J connectivity index is 1.65. The number of rotatable bonds is 5. The molecule has 0 bridgehead atoms. The molecule has 3 heterocycles. The minimum atomic E-state index is 0.527. The van der Waals surface area contributed by atoms with Gasteiger partial charge in [-0.25, -0.2) is 10.1 Å². The molecule has 0 aliphatic rings. The number of anilines is 2. The van der Waals surface area contributed by atoms with E-state index in [-0.39, 0.29) is 0 Å². The zero-order chi connectivity index (χ0) is 21.4. The van der Waals surface area contributed by atoms with Crippen molar-refractivity contribution < 1.29 is 4.68 Å². The largest absolute Gasteiger partial charge is 0.459 e. The zero-order valence-electron chi connectivity index (χ0n) is 17.2. The predicted octanol–water partition coefficient (Wildman–Crippen LogP) is 4.49. The van der Waals surface area contributed by atoms with Crippen molar-refractivity contribution in [3.8, 4) is 5.95 Å². The summed E-state index contributed by atoms with van der Waals surface area (Å²) in [5, 5.41) is 7.39. The third kappa shape index (κ3) is 3.87. The summed E-state index contributed by atoms with van der Waals surface area (Å²) < 4.78 is 3.92. The number of nitrogens with one attached hydrogen (secondary N) is 2. The van der Waals surface area contributed by atoms with Gasteiger partial charge >= 0.3 is 5.95 Å². The van der Waals surface area contributed by atoms with Crippen LogP contribution in [0.5, 0.6) is 0 Å². The number of halogens is 1. The Labute approximate surface area is 184 Å². The Morgan fingerprint density at radius 3 is 2.52 bits per heavy atom. The smallest absolute Gasteiger partial charge is 0.324 e. The number of imidazole rings is 1. The van der Waals surface area contributed by atoms with Crippen LogP contribution in [0.15, 0.2) is 67.0 Å². The van der Waals surface area contributed by atoms with Crippen LogP contribution in [0.2, 0.25) is 5.02 Å². The number of benzene rings is 2. The van der Waals surface area contributed by atoms with Gasteiger partial charge < -0.3 is 9.88 Å². The lowest BCUT2D eigenvalue weighted by molar-refractivity contribution is -0.668. The molecular weight excluding hydrogens is 410 g/mol. The van der Waals surface area contributed by atoms with Gasteiger partial charge in [0.15, 0.2) is 5.52 Å². The molecule has 0 unspecified atom stereocenters. The highest BCUT2D eigenvalue weighted by Crippen LogP contribution is 2.25. The predicted molar refractivity (Wildman–Crippen MR) is 121 cm³/mol. The summed E-state index contributed by atoms with van der Waals surface area (Å²) in [4.78, 5) is 14.2.